The van der Waals surface area contributed by atoms with Crippen molar-refractivity contribution in [3.8, 4) is 17.6 Å². The molecule has 0 aliphatic rings. The summed E-state index contributed by atoms with van der Waals surface area (Å²) in [7, 11) is 1.48. The van der Waals surface area contributed by atoms with Crippen molar-refractivity contribution in [1.29, 1.82) is 5.26 Å². The van der Waals surface area contributed by atoms with Crippen LogP contribution in [-0.4, -0.2) is 31.1 Å². The number of benzene rings is 1. The van der Waals surface area contributed by atoms with Gasteiger partial charge >= 0.3 is 0 Å². The van der Waals surface area contributed by atoms with Crippen molar-refractivity contribution in [2.45, 2.75) is 19.9 Å². The highest BCUT2D eigenvalue weighted by atomic mass is 35.5. The number of nitriles is 1. The summed E-state index contributed by atoms with van der Waals surface area (Å²) in [4.78, 5) is 14.4. The normalized spacial score (nSPS) is 10.2. The Labute approximate surface area is 151 Å². The van der Waals surface area contributed by atoms with Crippen LogP contribution in [0.2, 0.25) is 5.02 Å². The summed E-state index contributed by atoms with van der Waals surface area (Å²) in [6.45, 7) is 2.81. The highest BCUT2D eigenvalue weighted by Gasteiger charge is 2.21. The van der Waals surface area contributed by atoms with E-state index in [2.05, 4.69) is 0 Å². The molecule has 2 aromatic rings. The Morgan fingerprint density at radius 1 is 1.44 bits per heavy atom. The van der Waals surface area contributed by atoms with Crippen molar-refractivity contribution in [1.82, 2.24) is 4.90 Å². The highest BCUT2D eigenvalue weighted by molar-refractivity contribution is 6.32. The maximum absolute atomic E-state index is 12.9. The minimum Gasteiger partial charge on any atom is -0.493 e. The fourth-order valence-electron chi connectivity index (χ4n) is 2.34. The van der Waals surface area contributed by atoms with Crippen LogP contribution < -0.4 is 9.47 Å². The van der Waals surface area contributed by atoms with Crippen molar-refractivity contribution in [2.75, 3.05) is 20.3 Å². The third-order valence-electron chi connectivity index (χ3n) is 3.47. The van der Waals surface area contributed by atoms with Crippen LogP contribution in [0.1, 0.15) is 29.5 Å². The summed E-state index contributed by atoms with van der Waals surface area (Å²) in [5.41, 5.74) is 0.356. The molecule has 2 rings (SSSR count). The van der Waals surface area contributed by atoms with Gasteiger partial charge in [0.25, 0.3) is 5.91 Å². The van der Waals surface area contributed by atoms with Gasteiger partial charge in [-0.15, -0.1) is 0 Å². The monoisotopic (exact) mass is 362 g/mol. The van der Waals surface area contributed by atoms with Gasteiger partial charge in [-0.05, 0) is 31.2 Å². The number of carbonyl (C=O) groups is 1. The Kier molecular flexibility index (Phi) is 6.72. The summed E-state index contributed by atoms with van der Waals surface area (Å²) >= 11 is 6.24. The van der Waals surface area contributed by atoms with Gasteiger partial charge in [-0.3, -0.25) is 4.79 Å². The predicted octanol–water partition coefficient (Wildman–Crippen LogP) is 3.90. The molecule has 0 N–H and O–H groups in total. The summed E-state index contributed by atoms with van der Waals surface area (Å²) in [5.74, 6) is 1.15. The molecule has 0 aliphatic heterocycles. The molecule has 1 heterocycles. The van der Waals surface area contributed by atoms with E-state index in [1.807, 2.05) is 13.0 Å². The molecule has 1 aromatic heterocycles. The van der Waals surface area contributed by atoms with Crippen LogP contribution in [0.3, 0.4) is 0 Å². The topological polar surface area (TPSA) is 75.7 Å². The van der Waals surface area contributed by atoms with E-state index in [4.69, 9.17) is 30.8 Å². The first-order valence-electron chi connectivity index (χ1n) is 7.79. The van der Waals surface area contributed by atoms with Gasteiger partial charge in [0.15, 0.2) is 11.5 Å². The molecule has 0 radical (unpaired) electrons. The zero-order chi connectivity index (χ0) is 18.2. The summed E-state index contributed by atoms with van der Waals surface area (Å²) < 4.78 is 16.1. The molecular weight excluding hydrogens is 344 g/mol. The Bertz CT molecular complexity index is 753. The van der Waals surface area contributed by atoms with E-state index in [1.165, 1.54) is 12.0 Å². The summed E-state index contributed by atoms with van der Waals surface area (Å²) in [6.07, 6.45) is 1.76. The number of hydrogen-bond acceptors (Lipinski definition) is 5. The third-order valence-corrected chi connectivity index (χ3v) is 3.75. The van der Waals surface area contributed by atoms with Crippen LogP contribution in [0, 0.1) is 11.3 Å². The van der Waals surface area contributed by atoms with Gasteiger partial charge in [0.1, 0.15) is 5.76 Å². The minimum absolute atomic E-state index is 0.217. The van der Waals surface area contributed by atoms with Crippen LogP contribution in [0.5, 0.6) is 11.5 Å². The van der Waals surface area contributed by atoms with E-state index in [1.54, 1.807) is 30.5 Å². The van der Waals surface area contributed by atoms with Crippen LogP contribution in [0.15, 0.2) is 34.9 Å². The van der Waals surface area contributed by atoms with Crippen molar-refractivity contribution in [3.05, 3.63) is 46.9 Å². The lowest BCUT2D eigenvalue weighted by Gasteiger charge is -2.21. The van der Waals surface area contributed by atoms with Crippen molar-refractivity contribution in [3.63, 3.8) is 0 Å². The van der Waals surface area contributed by atoms with E-state index >= 15 is 0 Å². The second-order valence-corrected chi connectivity index (χ2v) is 5.54. The zero-order valence-electron chi connectivity index (χ0n) is 14.1. The molecule has 0 unspecified atom stereocenters. The standard InChI is InChI=1S/C18H19ClN2O4/c1-3-24-17-15(19)10-13(11-16(17)23-2)18(22)21(8-5-7-20)12-14-6-4-9-25-14/h4,6,9-11H,3,5,8,12H2,1-2H3. The summed E-state index contributed by atoms with van der Waals surface area (Å²) in [5, 5.41) is 9.14. The van der Waals surface area contributed by atoms with Gasteiger partial charge in [-0.1, -0.05) is 11.6 Å². The van der Waals surface area contributed by atoms with Crippen molar-refractivity contribution in [2.24, 2.45) is 0 Å². The molecule has 7 heteroatoms. The number of nitrogens with zero attached hydrogens (tertiary/aromatic N) is 2. The fourth-order valence-corrected chi connectivity index (χ4v) is 2.60. The molecule has 0 bridgehead atoms. The number of halogens is 1. The van der Waals surface area contributed by atoms with Gasteiger partial charge < -0.3 is 18.8 Å². The number of ether oxygens (including phenoxy) is 2. The molecule has 1 amide bonds. The molecule has 0 saturated carbocycles. The third kappa shape index (κ3) is 4.68. The first kappa shape index (κ1) is 18.7. The van der Waals surface area contributed by atoms with Crippen molar-refractivity contribution < 1.29 is 18.7 Å². The van der Waals surface area contributed by atoms with E-state index < -0.39 is 0 Å². The lowest BCUT2D eigenvalue weighted by atomic mass is 10.1. The molecule has 0 atom stereocenters. The average Bonchev–Trinajstić information content (AvgIpc) is 3.12. The Hall–Kier alpha value is -2.65. The molecule has 0 saturated heterocycles. The van der Waals surface area contributed by atoms with E-state index in [0.29, 0.717) is 34.5 Å². The van der Waals surface area contributed by atoms with Crippen molar-refractivity contribution >= 4 is 17.5 Å². The largest absolute Gasteiger partial charge is 0.493 e. The Morgan fingerprint density at radius 3 is 2.84 bits per heavy atom. The van der Waals surface area contributed by atoms with Gasteiger partial charge in [0, 0.05) is 12.1 Å². The number of carbonyl (C=O) groups excluding carboxylic acids is 1. The van der Waals surface area contributed by atoms with Crippen LogP contribution in [0.4, 0.5) is 0 Å². The molecule has 132 valence electrons. The van der Waals surface area contributed by atoms with Gasteiger partial charge in [-0.25, -0.2) is 0 Å². The molecule has 25 heavy (non-hydrogen) atoms. The van der Waals surface area contributed by atoms with Crippen LogP contribution in [0.25, 0.3) is 0 Å². The fraction of sp³-hybridized carbons (Fsp3) is 0.333. The smallest absolute Gasteiger partial charge is 0.254 e. The van der Waals surface area contributed by atoms with E-state index in [0.717, 1.165) is 0 Å². The maximum Gasteiger partial charge on any atom is 0.254 e. The molecule has 0 aliphatic carbocycles. The lowest BCUT2D eigenvalue weighted by Crippen LogP contribution is -2.31. The Morgan fingerprint density at radius 2 is 2.24 bits per heavy atom. The van der Waals surface area contributed by atoms with Gasteiger partial charge in [0.05, 0.1) is 44.0 Å². The number of hydrogen-bond donors (Lipinski definition) is 0. The van der Waals surface area contributed by atoms with Gasteiger partial charge in [0.2, 0.25) is 0 Å². The SMILES string of the molecule is CCOc1c(Cl)cc(C(=O)N(CCC#N)Cc2ccco2)cc1OC. The van der Waals surface area contributed by atoms with E-state index in [9.17, 15) is 4.79 Å². The second-order valence-electron chi connectivity index (χ2n) is 5.14. The van der Waals surface area contributed by atoms with Crippen LogP contribution in [-0.2, 0) is 6.54 Å². The number of methoxy groups -OCH3 is 1. The molecular formula is C18H19ClN2O4. The number of rotatable bonds is 8. The van der Waals surface area contributed by atoms with Gasteiger partial charge in [-0.2, -0.15) is 5.26 Å². The summed E-state index contributed by atoms with van der Waals surface area (Å²) in [6, 6.07) is 8.70. The molecule has 1 aromatic carbocycles. The molecule has 0 fully saturated rings. The predicted molar refractivity (Wildman–Crippen MR) is 92.9 cm³/mol. The first-order valence-corrected chi connectivity index (χ1v) is 8.17. The van der Waals surface area contributed by atoms with Crippen LogP contribution >= 0.6 is 11.6 Å². The quantitative estimate of drug-likeness (QED) is 0.711. The molecule has 0 spiro atoms. The number of amides is 1. The molecule has 6 nitrogen and oxygen atoms in total. The minimum atomic E-state index is -0.269. The highest BCUT2D eigenvalue weighted by Crippen LogP contribution is 2.36. The number of furan rings is 1. The second kappa shape index (κ2) is 9.00. The van der Waals surface area contributed by atoms with E-state index in [-0.39, 0.29) is 25.4 Å². The lowest BCUT2D eigenvalue weighted by molar-refractivity contribution is 0.0735. The average molecular weight is 363 g/mol. The zero-order valence-corrected chi connectivity index (χ0v) is 14.9. The maximum atomic E-state index is 12.9. The first-order chi connectivity index (χ1) is 12.1. The Balaban J connectivity index is 2.31.